The minimum absolute atomic E-state index is 0.112. The van der Waals surface area contributed by atoms with Crippen molar-refractivity contribution in [3.63, 3.8) is 0 Å². The van der Waals surface area contributed by atoms with Crippen LogP contribution in [0.25, 0.3) is 5.69 Å². The standard InChI is InChI=1S/C18H18N8O/c1-20-17(27)8-15-23-18(13-4-7-16-21-11-22-25(16)10-13)26(24-15)14-5-2-12(9-19)3-6-14/h2-3,5-6,11,13H,4,7-8,10H2,1H3,(H,20,27). The van der Waals surface area contributed by atoms with Crippen LogP contribution in [0.4, 0.5) is 0 Å². The van der Waals surface area contributed by atoms with E-state index in [-0.39, 0.29) is 18.2 Å². The van der Waals surface area contributed by atoms with E-state index in [2.05, 4.69) is 31.6 Å². The Labute approximate surface area is 155 Å². The molecule has 27 heavy (non-hydrogen) atoms. The number of nitrogens with one attached hydrogen (secondary N) is 1. The first kappa shape index (κ1) is 16.9. The van der Waals surface area contributed by atoms with E-state index >= 15 is 0 Å². The van der Waals surface area contributed by atoms with Gasteiger partial charge in [0.1, 0.15) is 18.0 Å². The number of hydrogen-bond acceptors (Lipinski definition) is 6. The minimum atomic E-state index is -0.138. The zero-order valence-electron chi connectivity index (χ0n) is 14.8. The molecule has 1 N–H and O–H groups in total. The van der Waals surface area contributed by atoms with Crippen LogP contribution < -0.4 is 5.32 Å². The topological polar surface area (TPSA) is 114 Å². The summed E-state index contributed by atoms with van der Waals surface area (Å²) in [6, 6.07) is 9.28. The Hall–Kier alpha value is -3.54. The summed E-state index contributed by atoms with van der Waals surface area (Å²) in [5.41, 5.74) is 1.39. The van der Waals surface area contributed by atoms with E-state index in [1.807, 2.05) is 16.8 Å². The summed E-state index contributed by atoms with van der Waals surface area (Å²) in [5.74, 6) is 2.21. The van der Waals surface area contributed by atoms with Gasteiger partial charge in [-0.05, 0) is 30.7 Å². The Balaban J connectivity index is 1.72. The highest BCUT2D eigenvalue weighted by Crippen LogP contribution is 2.28. The molecule has 1 atom stereocenters. The SMILES string of the molecule is CNC(=O)Cc1nc(C2CCc3ncnn3C2)n(-c2ccc(C#N)cc2)n1. The molecule has 1 aromatic carbocycles. The number of nitrogens with zero attached hydrogens (tertiary/aromatic N) is 7. The number of amides is 1. The highest BCUT2D eigenvalue weighted by molar-refractivity contribution is 5.77. The van der Waals surface area contributed by atoms with Gasteiger partial charge in [0.05, 0.1) is 30.3 Å². The smallest absolute Gasteiger partial charge is 0.227 e. The van der Waals surface area contributed by atoms with Crippen molar-refractivity contribution < 1.29 is 4.79 Å². The molecule has 9 heteroatoms. The van der Waals surface area contributed by atoms with Gasteiger partial charge < -0.3 is 5.32 Å². The summed E-state index contributed by atoms with van der Waals surface area (Å²) in [4.78, 5) is 20.7. The Kier molecular flexibility index (Phi) is 4.38. The number of likely N-dealkylation sites (N-methyl/N-ethyl adjacent to an activating group) is 1. The molecule has 0 radical (unpaired) electrons. The fourth-order valence-electron chi connectivity index (χ4n) is 3.26. The zero-order valence-corrected chi connectivity index (χ0v) is 14.8. The lowest BCUT2D eigenvalue weighted by atomic mass is 9.98. The molecule has 0 aliphatic carbocycles. The van der Waals surface area contributed by atoms with Crippen molar-refractivity contribution >= 4 is 5.91 Å². The van der Waals surface area contributed by atoms with Crippen LogP contribution in [0, 0.1) is 11.3 Å². The molecule has 1 aliphatic heterocycles. The number of fused-ring (bicyclic) bond motifs is 1. The maximum Gasteiger partial charge on any atom is 0.227 e. The molecule has 1 aliphatic rings. The van der Waals surface area contributed by atoms with Crippen molar-refractivity contribution in [2.75, 3.05) is 7.05 Å². The number of nitriles is 1. The molecule has 0 spiro atoms. The van der Waals surface area contributed by atoms with E-state index in [1.165, 1.54) is 0 Å². The van der Waals surface area contributed by atoms with Crippen LogP contribution in [-0.4, -0.2) is 42.5 Å². The van der Waals surface area contributed by atoms with E-state index in [0.29, 0.717) is 17.9 Å². The monoisotopic (exact) mass is 362 g/mol. The van der Waals surface area contributed by atoms with E-state index in [0.717, 1.165) is 30.2 Å². The molecule has 9 nitrogen and oxygen atoms in total. The molecule has 136 valence electrons. The van der Waals surface area contributed by atoms with Gasteiger partial charge in [0, 0.05) is 19.4 Å². The second-order valence-corrected chi connectivity index (χ2v) is 6.40. The van der Waals surface area contributed by atoms with Gasteiger partial charge in [-0.25, -0.2) is 19.3 Å². The normalized spacial score (nSPS) is 15.8. The Morgan fingerprint density at radius 2 is 2.19 bits per heavy atom. The van der Waals surface area contributed by atoms with Crippen molar-refractivity contribution in [2.45, 2.75) is 31.7 Å². The van der Waals surface area contributed by atoms with Crippen LogP contribution >= 0.6 is 0 Å². The summed E-state index contributed by atoms with van der Waals surface area (Å²) < 4.78 is 3.66. The number of aromatic nitrogens is 6. The number of benzene rings is 1. The lowest BCUT2D eigenvalue weighted by Crippen LogP contribution is -2.22. The first-order valence-electron chi connectivity index (χ1n) is 8.71. The molecule has 2 aromatic heterocycles. The van der Waals surface area contributed by atoms with Gasteiger partial charge in [0.25, 0.3) is 0 Å². The summed E-state index contributed by atoms with van der Waals surface area (Å²) in [7, 11) is 1.59. The summed E-state index contributed by atoms with van der Waals surface area (Å²) in [5, 5.41) is 20.4. The van der Waals surface area contributed by atoms with Gasteiger partial charge in [0.15, 0.2) is 5.82 Å². The predicted octanol–water partition coefficient (Wildman–Crippen LogP) is 0.749. The van der Waals surface area contributed by atoms with Crippen LogP contribution in [0.3, 0.4) is 0 Å². The van der Waals surface area contributed by atoms with Crippen molar-refractivity contribution in [1.29, 1.82) is 5.26 Å². The van der Waals surface area contributed by atoms with Gasteiger partial charge in [-0.1, -0.05) is 0 Å². The first-order valence-corrected chi connectivity index (χ1v) is 8.71. The van der Waals surface area contributed by atoms with Crippen LogP contribution in [0.15, 0.2) is 30.6 Å². The van der Waals surface area contributed by atoms with E-state index in [1.54, 1.807) is 30.2 Å². The van der Waals surface area contributed by atoms with E-state index < -0.39 is 0 Å². The van der Waals surface area contributed by atoms with Crippen molar-refractivity contribution in [3.8, 4) is 11.8 Å². The fraction of sp³-hybridized carbons (Fsp3) is 0.333. The largest absolute Gasteiger partial charge is 0.359 e. The quantitative estimate of drug-likeness (QED) is 0.732. The van der Waals surface area contributed by atoms with Gasteiger partial charge in [-0.15, -0.1) is 0 Å². The second-order valence-electron chi connectivity index (χ2n) is 6.40. The summed E-state index contributed by atoms with van der Waals surface area (Å²) >= 11 is 0. The molecule has 1 amide bonds. The highest BCUT2D eigenvalue weighted by Gasteiger charge is 2.27. The predicted molar refractivity (Wildman–Crippen MR) is 94.9 cm³/mol. The molecule has 3 heterocycles. The lowest BCUT2D eigenvalue weighted by Gasteiger charge is -2.22. The Bertz CT molecular complexity index is 1010. The fourth-order valence-corrected chi connectivity index (χ4v) is 3.26. The maximum absolute atomic E-state index is 11.8. The van der Waals surface area contributed by atoms with Gasteiger partial charge in [-0.2, -0.15) is 15.5 Å². The molecule has 0 saturated carbocycles. The lowest BCUT2D eigenvalue weighted by molar-refractivity contribution is -0.120. The Morgan fingerprint density at radius 1 is 1.37 bits per heavy atom. The Morgan fingerprint density at radius 3 is 2.93 bits per heavy atom. The second kappa shape index (κ2) is 6.99. The molecular weight excluding hydrogens is 344 g/mol. The zero-order chi connectivity index (χ0) is 18.8. The molecule has 0 fully saturated rings. The number of aryl methyl sites for hydroxylation is 1. The van der Waals surface area contributed by atoms with E-state index in [4.69, 9.17) is 5.26 Å². The third kappa shape index (κ3) is 3.29. The van der Waals surface area contributed by atoms with Crippen molar-refractivity contribution in [3.05, 3.63) is 53.6 Å². The van der Waals surface area contributed by atoms with Crippen LogP contribution in [-0.2, 0) is 24.2 Å². The average Bonchev–Trinajstić information content (AvgIpc) is 3.34. The van der Waals surface area contributed by atoms with E-state index in [9.17, 15) is 4.79 Å². The minimum Gasteiger partial charge on any atom is -0.359 e. The molecule has 0 bridgehead atoms. The number of rotatable bonds is 4. The van der Waals surface area contributed by atoms with Gasteiger partial charge >= 0.3 is 0 Å². The number of hydrogen-bond donors (Lipinski definition) is 1. The van der Waals surface area contributed by atoms with Crippen molar-refractivity contribution in [1.82, 2.24) is 34.8 Å². The summed E-state index contributed by atoms with van der Waals surface area (Å²) in [6.07, 6.45) is 3.39. The number of carbonyl (C=O) groups excluding carboxylic acids is 1. The van der Waals surface area contributed by atoms with Crippen LogP contribution in [0.1, 0.15) is 35.4 Å². The third-order valence-corrected chi connectivity index (χ3v) is 4.69. The molecule has 1 unspecified atom stereocenters. The highest BCUT2D eigenvalue weighted by atomic mass is 16.1. The number of carbonyl (C=O) groups is 1. The van der Waals surface area contributed by atoms with Crippen LogP contribution in [0.5, 0.6) is 0 Å². The third-order valence-electron chi connectivity index (χ3n) is 4.69. The van der Waals surface area contributed by atoms with Crippen molar-refractivity contribution in [2.24, 2.45) is 0 Å². The first-order chi connectivity index (χ1) is 13.2. The van der Waals surface area contributed by atoms with Gasteiger partial charge in [0.2, 0.25) is 5.91 Å². The average molecular weight is 362 g/mol. The molecule has 4 rings (SSSR count). The maximum atomic E-state index is 11.8. The summed E-state index contributed by atoms with van der Waals surface area (Å²) in [6.45, 7) is 0.670. The van der Waals surface area contributed by atoms with Gasteiger partial charge in [-0.3, -0.25) is 4.79 Å². The molecular formula is C18H18N8O. The molecule has 0 saturated heterocycles. The molecule has 3 aromatic rings. The van der Waals surface area contributed by atoms with Crippen LogP contribution in [0.2, 0.25) is 0 Å².